The molecule has 2 aromatic carbocycles. The first kappa shape index (κ1) is 19.2. The molecule has 2 aromatic heterocycles. The Bertz CT molecular complexity index is 1270. The van der Waals surface area contributed by atoms with Crippen LogP contribution >= 0.6 is 23.4 Å². The highest BCUT2D eigenvalue weighted by Gasteiger charge is 2.15. The number of rotatable bonds is 5. The third-order valence-corrected chi connectivity index (χ3v) is 5.21. The molecular weight excluding hydrogens is 412 g/mol. The van der Waals surface area contributed by atoms with Gasteiger partial charge in [-0.15, -0.1) is 0 Å². The number of halogens is 1. The molecular formula is C20H15ClN4O3S. The fraction of sp³-hybridized carbons (Fsp3) is 0.100. The van der Waals surface area contributed by atoms with Crippen LogP contribution in [0.25, 0.3) is 16.6 Å². The summed E-state index contributed by atoms with van der Waals surface area (Å²) in [4.78, 5) is 30.0. The van der Waals surface area contributed by atoms with Gasteiger partial charge in [0.25, 0.3) is 5.56 Å². The topological polar surface area (TPSA) is 90.0 Å². The van der Waals surface area contributed by atoms with Crippen LogP contribution in [-0.4, -0.2) is 26.4 Å². The maximum atomic E-state index is 13.1. The summed E-state index contributed by atoms with van der Waals surface area (Å²) in [6.45, 7) is 1.74. The van der Waals surface area contributed by atoms with Crippen LogP contribution in [0.1, 0.15) is 5.76 Å². The molecule has 0 aliphatic carbocycles. The van der Waals surface area contributed by atoms with Gasteiger partial charge in [0.05, 0.1) is 22.3 Å². The van der Waals surface area contributed by atoms with Crippen molar-refractivity contribution >= 4 is 46.0 Å². The smallest absolute Gasteiger partial charge is 0.266 e. The number of thioether (sulfide) groups is 1. The van der Waals surface area contributed by atoms with Crippen LogP contribution in [0.2, 0.25) is 5.02 Å². The molecule has 0 unspecified atom stereocenters. The Kier molecular flexibility index (Phi) is 5.37. The van der Waals surface area contributed by atoms with E-state index in [1.54, 1.807) is 55.5 Å². The van der Waals surface area contributed by atoms with Crippen molar-refractivity contribution in [2.75, 3.05) is 11.1 Å². The standard InChI is InChI=1S/C20H15ClN4O3S/c1-12-9-17(24-28-12)23-18(26)11-29-20-22-16-8-3-2-7-15(16)19(27)25(20)14-6-4-5-13(21)10-14/h2-10H,11H2,1H3,(H,23,24,26). The molecule has 0 atom stereocenters. The second-order valence-corrected chi connectivity index (χ2v) is 7.57. The summed E-state index contributed by atoms with van der Waals surface area (Å²) in [5.74, 6) is 0.686. The minimum Gasteiger partial charge on any atom is -0.360 e. The van der Waals surface area contributed by atoms with Gasteiger partial charge < -0.3 is 9.84 Å². The first-order chi connectivity index (χ1) is 14.0. The number of hydrogen-bond acceptors (Lipinski definition) is 6. The average Bonchev–Trinajstić information content (AvgIpc) is 3.11. The minimum atomic E-state index is -0.289. The molecule has 1 N–H and O–H groups in total. The number of aryl methyl sites for hydroxylation is 1. The zero-order chi connectivity index (χ0) is 20.4. The van der Waals surface area contributed by atoms with Crippen LogP contribution in [0.4, 0.5) is 5.82 Å². The molecule has 0 saturated carbocycles. The number of nitrogens with one attached hydrogen (secondary N) is 1. The Morgan fingerprint density at radius 1 is 1.21 bits per heavy atom. The van der Waals surface area contributed by atoms with Gasteiger partial charge in [-0.3, -0.25) is 14.2 Å². The lowest BCUT2D eigenvalue weighted by Gasteiger charge is -2.13. The Labute approximate surface area is 174 Å². The van der Waals surface area contributed by atoms with Crippen molar-refractivity contribution in [1.82, 2.24) is 14.7 Å². The molecule has 0 aliphatic heterocycles. The third kappa shape index (κ3) is 4.18. The summed E-state index contributed by atoms with van der Waals surface area (Å²) >= 11 is 7.26. The monoisotopic (exact) mass is 426 g/mol. The average molecular weight is 427 g/mol. The number of carbonyl (C=O) groups is 1. The molecule has 1 amide bonds. The zero-order valence-corrected chi connectivity index (χ0v) is 16.8. The van der Waals surface area contributed by atoms with E-state index >= 15 is 0 Å². The molecule has 29 heavy (non-hydrogen) atoms. The van der Waals surface area contributed by atoms with Crippen molar-refractivity contribution in [3.8, 4) is 5.69 Å². The lowest BCUT2D eigenvalue weighted by Crippen LogP contribution is -2.23. The number of aromatic nitrogens is 3. The summed E-state index contributed by atoms with van der Waals surface area (Å²) in [5.41, 5.74) is 0.912. The molecule has 7 nitrogen and oxygen atoms in total. The van der Waals surface area contributed by atoms with Crippen molar-refractivity contribution in [2.45, 2.75) is 12.1 Å². The molecule has 146 valence electrons. The number of hydrogen-bond donors (Lipinski definition) is 1. The summed E-state index contributed by atoms with van der Waals surface area (Å²) in [6.07, 6.45) is 0. The van der Waals surface area contributed by atoms with Gasteiger partial charge in [-0.1, -0.05) is 46.7 Å². The molecule has 0 fully saturated rings. The van der Waals surface area contributed by atoms with Gasteiger partial charge in [0.1, 0.15) is 5.76 Å². The predicted molar refractivity (Wildman–Crippen MR) is 113 cm³/mol. The Morgan fingerprint density at radius 2 is 2.03 bits per heavy atom. The largest absolute Gasteiger partial charge is 0.360 e. The van der Waals surface area contributed by atoms with Crippen molar-refractivity contribution < 1.29 is 9.32 Å². The molecule has 4 rings (SSSR count). The molecule has 0 spiro atoms. The molecule has 0 aliphatic rings. The van der Waals surface area contributed by atoms with Crippen LogP contribution in [0, 0.1) is 6.92 Å². The van der Waals surface area contributed by atoms with Gasteiger partial charge in [0.2, 0.25) is 5.91 Å². The number of para-hydroxylation sites is 1. The van der Waals surface area contributed by atoms with Crippen LogP contribution in [0.3, 0.4) is 0 Å². The van der Waals surface area contributed by atoms with Crippen LogP contribution in [0.5, 0.6) is 0 Å². The highest BCUT2D eigenvalue weighted by molar-refractivity contribution is 7.99. The molecule has 0 bridgehead atoms. The Morgan fingerprint density at radius 3 is 2.79 bits per heavy atom. The van der Waals surface area contributed by atoms with E-state index in [-0.39, 0.29) is 17.2 Å². The highest BCUT2D eigenvalue weighted by Crippen LogP contribution is 2.23. The van der Waals surface area contributed by atoms with Gasteiger partial charge in [-0.2, -0.15) is 0 Å². The van der Waals surface area contributed by atoms with Crippen LogP contribution in [0.15, 0.2) is 69.1 Å². The maximum Gasteiger partial charge on any atom is 0.266 e. The number of amides is 1. The van der Waals surface area contributed by atoms with Gasteiger partial charge in [0, 0.05) is 11.1 Å². The van der Waals surface area contributed by atoms with E-state index in [0.29, 0.717) is 38.3 Å². The minimum absolute atomic E-state index is 0.0389. The molecule has 0 saturated heterocycles. The quantitative estimate of drug-likeness (QED) is 0.382. The molecule has 2 heterocycles. The second-order valence-electron chi connectivity index (χ2n) is 6.19. The van der Waals surface area contributed by atoms with E-state index in [0.717, 1.165) is 11.8 Å². The van der Waals surface area contributed by atoms with E-state index < -0.39 is 0 Å². The number of fused-ring (bicyclic) bond motifs is 1. The van der Waals surface area contributed by atoms with E-state index in [4.69, 9.17) is 16.1 Å². The normalized spacial score (nSPS) is 11.0. The molecule has 4 aromatic rings. The van der Waals surface area contributed by atoms with E-state index in [1.165, 1.54) is 4.57 Å². The van der Waals surface area contributed by atoms with Gasteiger partial charge in [-0.25, -0.2) is 4.98 Å². The fourth-order valence-corrected chi connectivity index (χ4v) is 3.78. The first-order valence-electron chi connectivity index (χ1n) is 8.65. The number of benzene rings is 2. The van der Waals surface area contributed by atoms with E-state index in [2.05, 4.69) is 15.5 Å². The highest BCUT2D eigenvalue weighted by atomic mass is 35.5. The van der Waals surface area contributed by atoms with Crippen molar-refractivity contribution in [3.05, 3.63) is 75.7 Å². The maximum absolute atomic E-state index is 13.1. The number of anilines is 1. The van der Waals surface area contributed by atoms with Crippen LogP contribution in [-0.2, 0) is 4.79 Å². The SMILES string of the molecule is Cc1cc(NC(=O)CSc2nc3ccccc3c(=O)n2-c2cccc(Cl)c2)no1. The van der Waals surface area contributed by atoms with E-state index in [9.17, 15) is 9.59 Å². The number of carbonyl (C=O) groups excluding carboxylic acids is 1. The summed E-state index contributed by atoms with van der Waals surface area (Å²) < 4.78 is 6.40. The lowest BCUT2D eigenvalue weighted by atomic mass is 10.2. The van der Waals surface area contributed by atoms with E-state index in [1.807, 2.05) is 6.07 Å². The Hall–Kier alpha value is -3.10. The first-order valence-corrected chi connectivity index (χ1v) is 10.0. The molecule has 0 radical (unpaired) electrons. The fourth-order valence-electron chi connectivity index (χ4n) is 2.79. The Balaban J connectivity index is 1.69. The predicted octanol–water partition coefficient (Wildman–Crippen LogP) is 4.07. The summed E-state index contributed by atoms with van der Waals surface area (Å²) in [5, 5.41) is 7.77. The van der Waals surface area contributed by atoms with Crippen molar-refractivity contribution in [3.63, 3.8) is 0 Å². The molecule has 9 heteroatoms. The number of nitrogens with zero attached hydrogens (tertiary/aromatic N) is 3. The summed E-state index contributed by atoms with van der Waals surface area (Å²) in [7, 11) is 0. The lowest BCUT2D eigenvalue weighted by molar-refractivity contribution is -0.113. The van der Waals surface area contributed by atoms with Gasteiger partial charge >= 0.3 is 0 Å². The summed E-state index contributed by atoms with van der Waals surface area (Å²) in [6, 6.07) is 15.6. The zero-order valence-electron chi connectivity index (χ0n) is 15.3. The van der Waals surface area contributed by atoms with Crippen molar-refractivity contribution in [2.24, 2.45) is 0 Å². The second kappa shape index (κ2) is 8.10. The van der Waals surface area contributed by atoms with Crippen molar-refractivity contribution in [1.29, 1.82) is 0 Å². The van der Waals surface area contributed by atoms with Crippen LogP contribution < -0.4 is 10.9 Å². The van der Waals surface area contributed by atoms with Gasteiger partial charge in [0.15, 0.2) is 11.0 Å². The third-order valence-electron chi connectivity index (χ3n) is 4.04. The van der Waals surface area contributed by atoms with Gasteiger partial charge in [-0.05, 0) is 37.3 Å².